The lowest BCUT2D eigenvalue weighted by atomic mass is 10.2. The molecule has 112 valence electrons. The van der Waals surface area contributed by atoms with Gasteiger partial charge in [0.05, 0.1) is 10.6 Å². The summed E-state index contributed by atoms with van der Waals surface area (Å²) in [5.41, 5.74) is 6.73. The largest absolute Gasteiger partial charge is 0.409 e. The van der Waals surface area contributed by atoms with E-state index in [0.717, 1.165) is 5.69 Å². The van der Waals surface area contributed by atoms with Crippen molar-refractivity contribution in [2.45, 2.75) is 4.90 Å². The Morgan fingerprint density at radius 1 is 1.38 bits per heavy atom. The van der Waals surface area contributed by atoms with Crippen molar-refractivity contribution in [3.8, 4) is 0 Å². The van der Waals surface area contributed by atoms with E-state index >= 15 is 0 Å². The van der Waals surface area contributed by atoms with Crippen LogP contribution in [0.5, 0.6) is 0 Å². The van der Waals surface area contributed by atoms with Crippen molar-refractivity contribution >= 4 is 32.7 Å². The molecule has 1 aromatic carbocycles. The summed E-state index contributed by atoms with van der Waals surface area (Å²) < 4.78 is 24.5. The van der Waals surface area contributed by atoms with E-state index in [-0.39, 0.29) is 16.5 Å². The molecule has 0 atom stereocenters. The molecule has 0 bridgehead atoms. The van der Waals surface area contributed by atoms with Crippen molar-refractivity contribution in [1.82, 2.24) is 0 Å². The average Bonchev–Trinajstić information content (AvgIpc) is 2.99. The number of hydrogen-bond donors (Lipinski definition) is 3. The minimum absolute atomic E-state index is 0.0392. The first-order chi connectivity index (χ1) is 10.0. The summed E-state index contributed by atoms with van der Waals surface area (Å²) in [4.78, 5) is 0.152. The molecule has 0 spiro atoms. The first kappa shape index (κ1) is 15.3. The maximum absolute atomic E-state index is 12.2. The van der Waals surface area contributed by atoms with Gasteiger partial charge in [0.25, 0.3) is 0 Å². The Morgan fingerprint density at radius 2 is 2.19 bits per heavy atom. The van der Waals surface area contributed by atoms with E-state index in [2.05, 4.69) is 10.5 Å². The van der Waals surface area contributed by atoms with Crippen LogP contribution in [0.3, 0.4) is 0 Å². The number of oxime groups is 1. The number of anilines is 1. The van der Waals surface area contributed by atoms with E-state index in [9.17, 15) is 8.42 Å². The van der Waals surface area contributed by atoms with Crippen molar-refractivity contribution in [2.75, 3.05) is 17.6 Å². The van der Waals surface area contributed by atoms with E-state index in [0.29, 0.717) is 12.1 Å². The molecular formula is C13H15N3O3S2. The smallest absolute Gasteiger partial charge is 0.180 e. The molecule has 2 rings (SSSR count). The summed E-state index contributed by atoms with van der Waals surface area (Å²) in [5.74, 6) is -0.161. The van der Waals surface area contributed by atoms with Gasteiger partial charge in [-0.15, -0.1) is 0 Å². The van der Waals surface area contributed by atoms with Gasteiger partial charge in [0.1, 0.15) is 0 Å². The summed E-state index contributed by atoms with van der Waals surface area (Å²) in [6.07, 6.45) is 0. The third-order valence-electron chi connectivity index (χ3n) is 2.82. The number of nitrogens with one attached hydrogen (secondary N) is 1. The Hall–Kier alpha value is -2.06. The van der Waals surface area contributed by atoms with E-state index in [1.807, 2.05) is 16.8 Å². The standard InChI is InChI=1S/C13H15N3O3S2/c14-13(16-17)10-2-1-3-12(8-10)21(18,19)7-5-15-11-4-6-20-9-11/h1-4,6,8-9,15,17H,5,7H2,(H2,14,16). The Kier molecular flexibility index (Phi) is 4.81. The highest BCUT2D eigenvalue weighted by atomic mass is 32.2. The summed E-state index contributed by atoms with van der Waals surface area (Å²) in [6.45, 7) is 0.312. The number of nitrogens with zero attached hydrogens (tertiary/aromatic N) is 1. The van der Waals surface area contributed by atoms with Crippen molar-refractivity contribution in [3.05, 3.63) is 46.7 Å². The van der Waals surface area contributed by atoms with Gasteiger partial charge in [-0.05, 0) is 23.6 Å². The zero-order valence-electron chi connectivity index (χ0n) is 11.1. The highest BCUT2D eigenvalue weighted by Gasteiger charge is 2.15. The van der Waals surface area contributed by atoms with Crippen LogP contribution in [0.15, 0.2) is 51.1 Å². The fourth-order valence-electron chi connectivity index (χ4n) is 1.72. The van der Waals surface area contributed by atoms with Gasteiger partial charge < -0.3 is 16.3 Å². The summed E-state index contributed by atoms with van der Waals surface area (Å²) in [7, 11) is -3.43. The number of benzene rings is 1. The minimum atomic E-state index is -3.43. The predicted octanol–water partition coefficient (Wildman–Crippen LogP) is 1.73. The van der Waals surface area contributed by atoms with Crippen molar-refractivity contribution in [3.63, 3.8) is 0 Å². The molecule has 2 aromatic rings. The number of nitrogens with two attached hydrogens (primary N) is 1. The highest BCUT2D eigenvalue weighted by molar-refractivity contribution is 7.91. The van der Waals surface area contributed by atoms with Gasteiger partial charge in [0.2, 0.25) is 0 Å². The van der Waals surface area contributed by atoms with Crippen molar-refractivity contribution in [1.29, 1.82) is 0 Å². The third-order valence-corrected chi connectivity index (χ3v) is 5.21. The summed E-state index contributed by atoms with van der Waals surface area (Å²) in [6, 6.07) is 7.92. The van der Waals surface area contributed by atoms with Gasteiger partial charge in [-0.1, -0.05) is 17.3 Å². The lowest BCUT2D eigenvalue weighted by Gasteiger charge is -2.07. The van der Waals surface area contributed by atoms with Crippen LogP contribution in [0, 0.1) is 0 Å². The molecule has 6 nitrogen and oxygen atoms in total. The molecular weight excluding hydrogens is 310 g/mol. The van der Waals surface area contributed by atoms with Gasteiger partial charge in [-0.25, -0.2) is 8.42 Å². The summed E-state index contributed by atoms with van der Waals surface area (Å²) in [5, 5.41) is 18.4. The zero-order chi connectivity index (χ0) is 15.3. The molecule has 21 heavy (non-hydrogen) atoms. The van der Waals surface area contributed by atoms with Crippen LogP contribution in [-0.2, 0) is 9.84 Å². The van der Waals surface area contributed by atoms with Gasteiger partial charge in [0.15, 0.2) is 15.7 Å². The molecule has 0 saturated heterocycles. The van der Waals surface area contributed by atoms with Crippen LogP contribution in [0.4, 0.5) is 5.69 Å². The number of thiophene rings is 1. The lowest BCUT2D eigenvalue weighted by molar-refractivity contribution is 0.318. The monoisotopic (exact) mass is 325 g/mol. The van der Waals surface area contributed by atoms with E-state index in [1.54, 1.807) is 12.1 Å². The van der Waals surface area contributed by atoms with E-state index in [1.165, 1.54) is 23.5 Å². The Bertz CT molecular complexity index is 725. The third kappa shape index (κ3) is 3.96. The first-order valence-electron chi connectivity index (χ1n) is 6.10. The molecule has 8 heteroatoms. The minimum Gasteiger partial charge on any atom is -0.409 e. The maximum Gasteiger partial charge on any atom is 0.180 e. The normalized spacial score (nSPS) is 12.3. The maximum atomic E-state index is 12.2. The van der Waals surface area contributed by atoms with Crippen LogP contribution < -0.4 is 11.1 Å². The Balaban J connectivity index is 2.08. The SMILES string of the molecule is N/C(=N/O)c1cccc(S(=O)(=O)CCNc2ccsc2)c1. The molecule has 0 radical (unpaired) electrons. The van der Waals surface area contributed by atoms with E-state index in [4.69, 9.17) is 10.9 Å². The van der Waals surface area contributed by atoms with E-state index < -0.39 is 9.84 Å². The molecule has 0 unspecified atom stereocenters. The number of hydrogen-bond acceptors (Lipinski definition) is 6. The Morgan fingerprint density at radius 3 is 2.86 bits per heavy atom. The molecule has 0 aliphatic heterocycles. The fourth-order valence-corrected chi connectivity index (χ4v) is 3.53. The number of sulfone groups is 1. The molecule has 1 heterocycles. The second kappa shape index (κ2) is 6.59. The van der Waals surface area contributed by atoms with Gasteiger partial charge in [0, 0.05) is 23.2 Å². The zero-order valence-corrected chi connectivity index (χ0v) is 12.7. The van der Waals surface area contributed by atoms with Crippen molar-refractivity contribution < 1.29 is 13.6 Å². The Labute approximate surface area is 126 Å². The van der Waals surface area contributed by atoms with Crippen molar-refractivity contribution in [2.24, 2.45) is 10.9 Å². The number of amidine groups is 1. The first-order valence-corrected chi connectivity index (χ1v) is 8.69. The van der Waals surface area contributed by atoms with Gasteiger partial charge in [-0.2, -0.15) is 11.3 Å². The molecule has 0 fully saturated rings. The average molecular weight is 325 g/mol. The topological polar surface area (TPSA) is 105 Å². The molecule has 0 aliphatic carbocycles. The van der Waals surface area contributed by atoms with Crippen LogP contribution >= 0.6 is 11.3 Å². The molecule has 0 aliphatic rings. The second-order valence-corrected chi connectivity index (χ2v) is 7.16. The predicted molar refractivity (Wildman–Crippen MR) is 83.8 cm³/mol. The van der Waals surface area contributed by atoms with Gasteiger partial charge in [-0.3, -0.25) is 0 Å². The van der Waals surface area contributed by atoms with Crippen LogP contribution in [-0.4, -0.2) is 31.8 Å². The lowest BCUT2D eigenvalue weighted by Crippen LogP contribution is -2.17. The quantitative estimate of drug-likeness (QED) is 0.325. The van der Waals surface area contributed by atoms with Crippen LogP contribution in [0.25, 0.3) is 0 Å². The molecule has 0 amide bonds. The second-order valence-electron chi connectivity index (χ2n) is 4.27. The summed E-state index contributed by atoms with van der Waals surface area (Å²) >= 11 is 1.54. The highest BCUT2D eigenvalue weighted by Crippen LogP contribution is 2.15. The van der Waals surface area contributed by atoms with Gasteiger partial charge >= 0.3 is 0 Å². The fraction of sp³-hybridized carbons (Fsp3) is 0.154. The number of rotatable bonds is 6. The molecule has 4 N–H and O–H groups in total. The molecule has 1 aromatic heterocycles. The molecule has 0 saturated carbocycles. The van der Waals surface area contributed by atoms with Crippen LogP contribution in [0.2, 0.25) is 0 Å². The van der Waals surface area contributed by atoms with Crippen LogP contribution in [0.1, 0.15) is 5.56 Å².